The number of hydrogen-bond acceptors (Lipinski definition) is 5. The van der Waals surface area contributed by atoms with Crippen LogP contribution in [0.5, 0.6) is 0 Å². The summed E-state index contributed by atoms with van der Waals surface area (Å²) in [4.78, 5) is 5.66. The Morgan fingerprint density at radius 2 is 2.35 bits per heavy atom. The third kappa shape index (κ3) is 3.83. The van der Waals surface area contributed by atoms with Crippen molar-refractivity contribution < 1.29 is 0 Å². The van der Waals surface area contributed by atoms with E-state index in [9.17, 15) is 0 Å². The van der Waals surface area contributed by atoms with Gasteiger partial charge in [0.1, 0.15) is 5.82 Å². The summed E-state index contributed by atoms with van der Waals surface area (Å²) >= 11 is 3.48. The lowest BCUT2D eigenvalue weighted by atomic mass is 10.3. The van der Waals surface area contributed by atoms with Crippen molar-refractivity contribution >= 4 is 23.1 Å². The highest BCUT2D eigenvalue weighted by atomic mass is 32.2. The Morgan fingerprint density at radius 3 is 3.00 bits per heavy atom. The number of nitrogens with zero attached hydrogens (tertiary/aromatic N) is 2. The highest BCUT2D eigenvalue weighted by Crippen LogP contribution is 2.15. The van der Waals surface area contributed by atoms with Gasteiger partial charge in [-0.25, -0.2) is 4.98 Å². The fourth-order valence-corrected chi connectivity index (χ4v) is 3.00. The van der Waals surface area contributed by atoms with E-state index in [-0.39, 0.29) is 0 Å². The van der Waals surface area contributed by atoms with Crippen LogP contribution in [-0.4, -0.2) is 27.5 Å². The summed E-state index contributed by atoms with van der Waals surface area (Å²) in [6.07, 6.45) is 0. The highest BCUT2D eigenvalue weighted by molar-refractivity contribution is 7.99. The molecule has 2 aromatic heterocycles. The topological polar surface area (TPSA) is 53.6 Å². The molecule has 0 fully saturated rings. The average molecular weight is 268 g/mol. The fraction of sp³-hybridized carbons (Fsp3) is 0.455. The normalized spacial score (nSPS) is 10.9. The summed E-state index contributed by atoms with van der Waals surface area (Å²) in [5, 5.41) is 13.3. The van der Waals surface area contributed by atoms with Crippen LogP contribution in [0.3, 0.4) is 0 Å². The number of nitrogens with one attached hydrogen (secondary N) is 2. The third-order valence-corrected chi connectivity index (χ3v) is 4.21. The zero-order chi connectivity index (χ0) is 12.1. The molecule has 0 radical (unpaired) electrons. The molecule has 0 bridgehead atoms. The second-order valence-electron chi connectivity index (χ2n) is 3.76. The van der Waals surface area contributed by atoms with E-state index < -0.39 is 0 Å². The first kappa shape index (κ1) is 12.6. The monoisotopic (exact) mass is 268 g/mol. The van der Waals surface area contributed by atoms with Crippen LogP contribution >= 0.6 is 23.1 Å². The Bertz CT molecular complexity index is 463. The highest BCUT2D eigenvalue weighted by Gasteiger charge is 2.01. The summed E-state index contributed by atoms with van der Waals surface area (Å²) in [6.45, 7) is 5.99. The number of thiophene rings is 1. The van der Waals surface area contributed by atoms with Gasteiger partial charge in [-0.05, 0) is 30.9 Å². The molecule has 2 N–H and O–H groups in total. The summed E-state index contributed by atoms with van der Waals surface area (Å²) in [5.41, 5.74) is 1.37. The van der Waals surface area contributed by atoms with Crippen molar-refractivity contribution in [3.05, 3.63) is 27.7 Å². The number of aryl methyl sites for hydroxylation is 2. The van der Waals surface area contributed by atoms with Gasteiger partial charge in [0, 0.05) is 23.7 Å². The van der Waals surface area contributed by atoms with Crippen LogP contribution in [0.2, 0.25) is 0 Å². The van der Waals surface area contributed by atoms with E-state index in [4.69, 9.17) is 0 Å². The zero-order valence-corrected chi connectivity index (χ0v) is 11.6. The van der Waals surface area contributed by atoms with Gasteiger partial charge in [0.2, 0.25) is 5.16 Å². The Hall–Kier alpha value is -0.850. The van der Waals surface area contributed by atoms with Gasteiger partial charge in [-0.15, -0.1) is 16.4 Å². The molecule has 0 saturated heterocycles. The largest absolute Gasteiger partial charge is 0.311 e. The number of hydrogen-bond donors (Lipinski definition) is 2. The van der Waals surface area contributed by atoms with Crippen molar-refractivity contribution in [3.63, 3.8) is 0 Å². The van der Waals surface area contributed by atoms with Crippen molar-refractivity contribution in [2.24, 2.45) is 0 Å². The number of rotatable bonds is 6. The minimum absolute atomic E-state index is 0.830. The molecule has 92 valence electrons. The summed E-state index contributed by atoms with van der Waals surface area (Å²) in [7, 11) is 0. The third-order valence-electron chi connectivity index (χ3n) is 2.34. The van der Waals surface area contributed by atoms with Crippen molar-refractivity contribution in [1.29, 1.82) is 0 Å². The standard InChI is InChI=1S/C11H16N4S2/c1-8-3-5-16-10(8)7-12-4-6-17-11-13-9(2)14-15-11/h3,5,12H,4,6-7H2,1-2H3,(H,13,14,15). The molecule has 4 nitrogen and oxygen atoms in total. The van der Waals surface area contributed by atoms with Gasteiger partial charge in [0.05, 0.1) is 0 Å². The molecule has 0 aromatic carbocycles. The fourth-order valence-electron chi connectivity index (χ4n) is 1.39. The van der Waals surface area contributed by atoms with E-state index in [2.05, 4.69) is 38.9 Å². The number of aromatic nitrogens is 3. The van der Waals surface area contributed by atoms with E-state index in [0.717, 1.165) is 29.8 Å². The van der Waals surface area contributed by atoms with Gasteiger partial charge in [-0.3, -0.25) is 5.10 Å². The molecule has 0 aliphatic rings. The summed E-state index contributed by atoms with van der Waals surface area (Å²) < 4.78 is 0. The van der Waals surface area contributed by atoms with E-state index >= 15 is 0 Å². The second kappa shape index (κ2) is 6.18. The second-order valence-corrected chi connectivity index (χ2v) is 5.82. The van der Waals surface area contributed by atoms with Crippen LogP contribution in [0.1, 0.15) is 16.3 Å². The molecule has 6 heteroatoms. The lowest BCUT2D eigenvalue weighted by molar-refractivity contribution is 0.737. The van der Waals surface area contributed by atoms with Crippen LogP contribution in [-0.2, 0) is 6.54 Å². The van der Waals surface area contributed by atoms with Crippen LogP contribution in [0.15, 0.2) is 16.6 Å². The summed E-state index contributed by atoms with van der Waals surface area (Å²) in [6, 6.07) is 2.16. The van der Waals surface area contributed by atoms with Gasteiger partial charge in [0.15, 0.2) is 0 Å². The van der Waals surface area contributed by atoms with Crippen molar-refractivity contribution in [2.45, 2.75) is 25.5 Å². The van der Waals surface area contributed by atoms with Crippen LogP contribution in [0.4, 0.5) is 0 Å². The molecule has 0 aliphatic heterocycles. The van der Waals surface area contributed by atoms with Gasteiger partial charge in [-0.1, -0.05) is 11.8 Å². The van der Waals surface area contributed by atoms with Crippen molar-refractivity contribution in [1.82, 2.24) is 20.5 Å². The predicted octanol–water partition coefficient (Wildman–Crippen LogP) is 2.36. The molecule has 0 saturated carbocycles. The van der Waals surface area contributed by atoms with Crippen molar-refractivity contribution in [2.75, 3.05) is 12.3 Å². The molecule has 2 rings (SSSR count). The van der Waals surface area contributed by atoms with Gasteiger partial charge in [-0.2, -0.15) is 0 Å². The first-order valence-electron chi connectivity index (χ1n) is 5.51. The van der Waals surface area contributed by atoms with E-state index in [1.165, 1.54) is 10.4 Å². The number of aromatic amines is 1. The quantitative estimate of drug-likeness (QED) is 0.624. The Kier molecular flexibility index (Phi) is 4.58. The van der Waals surface area contributed by atoms with Gasteiger partial charge < -0.3 is 5.32 Å². The molecule has 17 heavy (non-hydrogen) atoms. The molecular weight excluding hydrogens is 252 g/mol. The Balaban J connectivity index is 1.62. The minimum Gasteiger partial charge on any atom is -0.311 e. The maximum absolute atomic E-state index is 4.24. The van der Waals surface area contributed by atoms with Crippen molar-refractivity contribution in [3.8, 4) is 0 Å². The molecule has 0 atom stereocenters. The maximum Gasteiger partial charge on any atom is 0.208 e. The molecule has 2 aromatic rings. The van der Waals surface area contributed by atoms with E-state index in [1.54, 1.807) is 11.8 Å². The predicted molar refractivity (Wildman–Crippen MR) is 72.6 cm³/mol. The molecule has 2 heterocycles. The van der Waals surface area contributed by atoms with E-state index in [1.807, 2.05) is 18.3 Å². The summed E-state index contributed by atoms with van der Waals surface area (Å²) in [5.74, 6) is 1.86. The number of thioether (sulfide) groups is 1. The maximum atomic E-state index is 4.24. The smallest absolute Gasteiger partial charge is 0.208 e. The van der Waals surface area contributed by atoms with Crippen LogP contribution in [0.25, 0.3) is 0 Å². The molecule has 0 aliphatic carbocycles. The first-order chi connectivity index (χ1) is 8.25. The zero-order valence-electron chi connectivity index (χ0n) is 9.99. The van der Waals surface area contributed by atoms with Gasteiger partial charge in [0.25, 0.3) is 0 Å². The van der Waals surface area contributed by atoms with Gasteiger partial charge >= 0.3 is 0 Å². The van der Waals surface area contributed by atoms with Crippen LogP contribution < -0.4 is 5.32 Å². The molecule has 0 amide bonds. The Morgan fingerprint density at radius 1 is 1.47 bits per heavy atom. The SMILES string of the molecule is Cc1nc(SCCNCc2sccc2C)n[nH]1. The minimum atomic E-state index is 0.830. The number of H-pyrrole nitrogens is 1. The lowest BCUT2D eigenvalue weighted by Gasteiger charge is -2.02. The molecular formula is C11H16N4S2. The molecule has 0 unspecified atom stereocenters. The Labute approximate surface area is 109 Å². The first-order valence-corrected chi connectivity index (χ1v) is 7.37. The molecule has 0 spiro atoms. The average Bonchev–Trinajstić information content (AvgIpc) is 2.88. The lowest BCUT2D eigenvalue weighted by Crippen LogP contribution is -2.16. The van der Waals surface area contributed by atoms with Crippen LogP contribution in [0, 0.1) is 13.8 Å². The van der Waals surface area contributed by atoms with E-state index in [0.29, 0.717) is 0 Å².